The fourth-order valence-corrected chi connectivity index (χ4v) is 3.44. The lowest BCUT2D eigenvalue weighted by Crippen LogP contribution is -2.23. The molecule has 3 nitrogen and oxygen atoms in total. The van der Waals surface area contributed by atoms with Crippen molar-refractivity contribution in [3.8, 4) is 0 Å². The van der Waals surface area contributed by atoms with E-state index in [1.165, 1.54) is 12.1 Å². The second-order valence-corrected chi connectivity index (χ2v) is 6.90. The molecule has 1 N–H and O–H groups in total. The van der Waals surface area contributed by atoms with Crippen LogP contribution < -0.4 is 0 Å². The van der Waals surface area contributed by atoms with Crippen LogP contribution >= 0.6 is 0 Å². The number of hydrogen-bond donors (Lipinski definition) is 1. The minimum atomic E-state index is -4.94. The molecule has 0 fully saturated rings. The van der Waals surface area contributed by atoms with E-state index >= 15 is 0 Å². The van der Waals surface area contributed by atoms with Crippen LogP contribution in [0.5, 0.6) is 0 Å². The second-order valence-electron chi connectivity index (χ2n) is 6.90. The molecule has 1 aliphatic heterocycles. The predicted molar refractivity (Wildman–Crippen MR) is 93.7 cm³/mol. The highest BCUT2D eigenvalue weighted by molar-refractivity contribution is 6.05. The van der Waals surface area contributed by atoms with Gasteiger partial charge in [0, 0.05) is 23.9 Å². The van der Waals surface area contributed by atoms with Crippen LogP contribution in [-0.2, 0) is 12.4 Å². The summed E-state index contributed by atoms with van der Waals surface area (Å²) in [5, 5.41) is 0.154. The molecule has 0 aliphatic carbocycles. The van der Waals surface area contributed by atoms with Gasteiger partial charge in [-0.15, -0.1) is 0 Å². The van der Waals surface area contributed by atoms with Crippen LogP contribution in [0.3, 0.4) is 0 Å². The highest BCUT2D eigenvalue weighted by Gasteiger charge is 2.39. The Morgan fingerprint density at radius 1 is 1.04 bits per heavy atom. The maximum Gasteiger partial charge on any atom is 0.431 e. The molecule has 4 rings (SSSR count). The van der Waals surface area contributed by atoms with Crippen LogP contribution in [0.25, 0.3) is 27.4 Å². The standard InChI is InChI=1S/C19H15F6N3/c1-28-6-4-10(5-7-28)14-8-11-2-3-12-13(18(20,21)22)9-15(19(23,24)25)27-17(12)16(11)26-14/h2-4,8-9,27H,5-7H2,1H3. The third-order valence-electron chi connectivity index (χ3n) is 4.92. The normalized spacial score (nSPS) is 16.8. The molecule has 3 aromatic rings. The minimum Gasteiger partial charge on any atom is -0.349 e. The van der Waals surface area contributed by atoms with Gasteiger partial charge in [-0.25, -0.2) is 4.98 Å². The van der Waals surface area contributed by atoms with Crippen molar-refractivity contribution in [3.63, 3.8) is 0 Å². The van der Waals surface area contributed by atoms with E-state index in [0.717, 1.165) is 12.1 Å². The molecule has 9 heteroatoms. The third-order valence-corrected chi connectivity index (χ3v) is 4.92. The molecule has 0 atom stereocenters. The first-order chi connectivity index (χ1) is 13.0. The van der Waals surface area contributed by atoms with Crippen LogP contribution in [0.2, 0.25) is 0 Å². The van der Waals surface area contributed by atoms with Gasteiger partial charge in [0.25, 0.3) is 0 Å². The van der Waals surface area contributed by atoms with Crippen LogP contribution in [0.15, 0.2) is 30.3 Å². The van der Waals surface area contributed by atoms with Gasteiger partial charge in [0.15, 0.2) is 0 Å². The number of aromatic nitrogens is 2. The van der Waals surface area contributed by atoms with E-state index in [0.29, 0.717) is 24.0 Å². The summed E-state index contributed by atoms with van der Waals surface area (Å²) in [5.41, 5.74) is -1.44. The number of likely N-dealkylation sites (N-methyl/N-ethyl adjacent to an activating group) is 1. The Morgan fingerprint density at radius 2 is 1.79 bits per heavy atom. The van der Waals surface area contributed by atoms with Crippen LogP contribution in [0.4, 0.5) is 26.3 Å². The van der Waals surface area contributed by atoms with Crippen LogP contribution in [0, 0.1) is 0 Å². The largest absolute Gasteiger partial charge is 0.431 e. The molecular weight excluding hydrogens is 384 g/mol. The Hall–Kier alpha value is -2.55. The Balaban J connectivity index is 1.98. The molecule has 1 aliphatic rings. The number of aromatic amines is 1. The zero-order chi connectivity index (χ0) is 20.3. The van der Waals surface area contributed by atoms with E-state index in [1.807, 2.05) is 13.1 Å². The van der Waals surface area contributed by atoms with Gasteiger partial charge < -0.3 is 9.88 Å². The average molecular weight is 399 g/mol. The molecule has 28 heavy (non-hydrogen) atoms. The van der Waals surface area contributed by atoms with Crippen LogP contribution in [0.1, 0.15) is 23.4 Å². The number of halogens is 6. The van der Waals surface area contributed by atoms with E-state index in [9.17, 15) is 26.3 Å². The summed E-state index contributed by atoms with van der Waals surface area (Å²) < 4.78 is 79.8. The summed E-state index contributed by atoms with van der Waals surface area (Å²) in [6, 6.07) is 4.45. The van der Waals surface area contributed by atoms with Crippen molar-refractivity contribution in [1.82, 2.24) is 14.9 Å². The topological polar surface area (TPSA) is 31.9 Å². The average Bonchev–Trinajstić information content (AvgIpc) is 3.04. The Labute approximate surface area is 155 Å². The predicted octanol–water partition coefficient (Wildman–Crippen LogP) is 5.47. The van der Waals surface area contributed by atoms with Gasteiger partial charge >= 0.3 is 12.4 Å². The van der Waals surface area contributed by atoms with E-state index in [-0.39, 0.29) is 22.5 Å². The zero-order valence-electron chi connectivity index (χ0n) is 14.7. The van der Waals surface area contributed by atoms with E-state index in [4.69, 9.17) is 0 Å². The molecule has 0 radical (unpaired) electrons. The Morgan fingerprint density at radius 3 is 2.39 bits per heavy atom. The summed E-state index contributed by atoms with van der Waals surface area (Å²) >= 11 is 0. The highest BCUT2D eigenvalue weighted by Crippen LogP contribution is 2.40. The number of fused-ring (bicyclic) bond motifs is 3. The Bertz CT molecular complexity index is 1090. The minimum absolute atomic E-state index is 0.101. The number of benzene rings is 1. The van der Waals surface area contributed by atoms with Gasteiger partial charge in [-0.1, -0.05) is 18.2 Å². The first kappa shape index (κ1) is 18.8. The lowest BCUT2D eigenvalue weighted by Gasteiger charge is -2.20. The van der Waals surface area contributed by atoms with Crippen molar-refractivity contribution in [1.29, 1.82) is 0 Å². The number of rotatable bonds is 1. The second kappa shape index (κ2) is 6.23. The number of H-pyrrole nitrogens is 1. The summed E-state index contributed by atoms with van der Waals surface area (Å²) in [7, 11) is 1.96. The molecular formula is C19H15F6N3. The molecule has 0 amide bonds. The summed E-state index contributed by atoms with van der Waals surface area (Å²) in [5.74, 6) is 0. The first-order valence-corrected chi connectivity index (χ1v) is 8.53. The summed E-state index contributed by atoms with van der Waals surface area (Å²) in [6.07, 6.45) is -7.18. The van der Waals surface area contributed by atoms with Gasteiger partial charge in [0.2, 0.25) is 0 Å². The number of nitrogens with one attached hydrogen (secondary N) is 1. The maximum absolute atomic E-state index is 13.4. The molecule has 1 aromatic carbocycles. The Kier molecular flexibility index (Phi) is 4.18. The van der Waals surface area contributed by atoms with Gasteiger partial charge in [-0.2, -0.15) is 26.3 Å². The molecule has 3 heterocycles. The maximum atomic E-state index is 13.4. The van der Waals surface area contributed by atoms with E-state index < -0.39 is 23.6 Å². The lowest BCUT2D eigenvalue weighted by atomic mass is 10.0. The SMILES string of the molecule is CN1CC=C(c2cc3ccc4c(C(F)(F)F)cc(C(F)(F)F)[nH]c4c3n2)CC1. The number of alkyl halides is 6. The quantitative estimate of drug-likeness (QED) is 0.550. The number of nitrogens with zero attached hydrogens (tertiary/aromatic N) is 2. The van der Waals surface area contributed by atoms with E-state index in [1.54, 1.807) is 6.07 Å². The summed E-state index contributed by atoms with van der Waals surface area (Å²) in [4.78, 5) is 8.61. The van der Waals surface area contributed by atoms with E-state index in [2.05, 4.69) is 14.9 Å². The lowest BCUT2D eigenvalue weighted by molar-refractivity contribution is -0.144. The van der Waals surface area contributed by atoms with Gasteiger partial charge in [0.1, 0.15) is 5.69 Å². The van der Waals surface area contributed by atoms with Crippen LogP contribution in [-0.4, -0.2) is 35.0 Å². The van der Waals surface area contributed by atoms with Crippen molar-refractivity contribution in [2.75, 3.05) is 20.1 Å². The van der Waals surface area contributed by atoms with Gasteiger partial charge in [0.05, 0.1) is 22.3 Å². The highest BCUT2D eigenvalue weighted by atomic mass is 19.4. The van der Waals surface area contributed by atoms with Gasteiger partial charge in [-0.3, -0.25) is 0 Å². The zero-order valence-corrected chi connectivity index (χ0v) is 14.7. The van der Waals surface area contributed by atoms with Crippen molar-refractivity contribution in [3.05, 3.63) is 47.3 Å². The molecule has 2 aromatic heterocycles. The first-order valence-electron chi connectivity index (χ1n) is 8.53. The van der Waals surface area contributed by atoms with Crippen molar-refractivity contribution in [2.24, 2.45) is 0 Å². The van der Waals surface area contributed by atoms with Crippen molar-refractivity contribution in [2.45, 2.75) is 18.8 Å². The molecule has 0 bridgehead atoms. The summed E-state index contributed by atoms with van der Waals surface area (Å²) in [6.45, 7) is 1.51. The molecule has 0 saturated carbocycles. The molecule has 0 spiro atoms. The number of hydrogen-bond acceptors (Lipinski definition) is 2. The fourth-order valence-electron chi connectivity index (χ4n) is 3.44. The van der Waals surface area contributed by atoms with Crippen molar-refractivity contribution < 1.29 is 26.3 Å². The smallest absolute Gasteiger partial charge is 0.349 e. The monoisotopic (exact) mass is 399 g/mol. The molecule has 148 valence electrons. The van der Waals surface area contributed by atoms with Crippen molar-refractivity contribution >= 4 is 27.4 Å². The molecule has 0 saturated heterocycles. The fraction of sp³-hybridized carbons (Fsp3) is 0.316. The third kappa shape index (κ3) is 3.23. The molecule has 0 unspecified atom stereocenters. The number of pyridine rings is 1. The van der Waals surface area contributed by atoms with Gasteiger partial charge in [-0.05, 0) is 31.2 Å².